The van der Waals surface area contributed by atoms with Crippen LogP contribution in [0.2, 0.25) is 0 Å². The Morgan fingerprint density at radius 3 is 1.76 bits per heavy atom. The molecule has 0 bridgehead atoms. The lowest BCUT2D eigenvalue weighted by atomic mass is 9.92. The molecule has 49 heavy (non-hydrogen) atoms. The monoisotopic (exact) mass is 712 g/mol. The largest absolute Gasteiger partial charge is 0.455 e. The van der Waals surface area contributed by atoms with Crippen molar-refractivity contribution in [2.45, 2.75) is 67.6 Å². The minimum atomic E-state index is -1.04. The van der Waals surface area contributed by atoms with Crippen molar-refractivity contribution in [3.63, 3.8) is 0 Å². The highest BCUT2D eigenvalue weighted by Crippen LogP contribution is 2.40. The molecule has 0 amide bonds. The van der Waals surface area contributed by atoms with Gasteiger partial charge in [-0.25, -0.2) is 9.59 Å². The zero-order valence-electron chi connectivity index (χ0n) is 27.9. The zero-order chi connectivity index (χ0) is 34.9. The molecular formula is C37H44O10S2. The van der Waals surface area contributed by atoms with Crippen molar-refractivity contribution in [1.82, 2.24) is 0 Å². The Labute approximate surface area is 295 Å². The van der Waals surface area contributed by atoms with Crippen molar-refractivity contribution in [3.05, 3.63) is 108 Å². The minimum Gasteiger partial charge on any atom is -0.455 e. The molecular weight excluding hydrogens is 669 g/mol. The predicted octanol–water partition coefficient (Wildman–Crippen LogP) is 5.34. The number of benzene rings is 3. The molecule has 0 spiro atoms. The Morgan fingerprint density at radius 1 is 0.735 bits per heavy atom. The van der Waals surface area contributed by atoms with E-state index in [0.717, 1.165) is 5.56 Å². The van der Waals surface area contributed by atoms with Gasteiger partial charge in [-0.3, -0.25) is 0 Å². The molecule has 3 aromatic rings. The third kappa shape index (κ3) is 9.05. The van der Waals surface area contributed by atoms with Crippen molar-refractivity contribution in [2.24, 2.45) is 11.8 Å². The average Bonchev–Trinajstić information content (AvgIpc) is 3.15. The van der Waals surface area contributed by atoms with E-state index < -0.39 is 36.7 Å². The molecule has 5 unspecified atom stereocenters. The molecule has 3 heterocycles. The van der Waals surface area contributed by atoms with E-state index in [2.05, 4.69) is 0 Å². The molecule has 2 N–H and O–H groups in total. The summed E-state index contributed by atoms with van der Waals surface area (Å²) in [6.45, 7) is 3.98. The molecule has 3 aliphatic heterocycles. The van der Waals surface area contributed by atoms with Crippen LogP contribution >= 0.6 is 23.5 Å². The summed E-state index contributed by atoms with van der Waals surface area (Å²) in [6.07, 6.45) is -0.194. The number of fused-ring (bicyclic) bond motifs is 1. The Hall–Kier alpha value is -2.94. The van der Waals surface area contributed by atoms with E-state index in [4.69, 9.17) is 28.4 Å². The van der Waals surface area contributed by atoms with Gasteiger partial charge in [-0.2, -0.15) is 0 Å². The van der Waals surface area contributed by atoms with Crippen LogP contribution < -0.4 is 0 Å². The number of ether oxygens (including phenoxy) is 6. The lowest BCUT2D eigenvalue weighted by Gasteiger charge is -2.48. The van der Waals surface area contributed by atoms with Gasteiger partial charge in [-0.1, -0.05) is 80.6 Å². The molecule has 10 nitrogen and oxygen atoms in total. The summed E-state index contributed by atoms with van der Waals surface area (Å²) in [5.41, 5.74) is 1.58. The van der Waals surface area contributed by atoms with Crippen LogP contribution in [0.25, 0.3) is 0 Å². The van der Waals surface area contributed by atoms with Crippen LogP contribution in [-0.2, 0) is 28.4 Å². The summed E-state index contributed by atoms with van der Waals surface area (Å²) in [5, 5.41) is 19.5. The van der Waals surface area contributed by atoms with Crippen LogP contribution in [0.4, 0.5) is 0 Å². The van der Waals surface area contributed by atoms with Crippen molar-refractivity contribution in [2.75, 3.05) is 25.7 Å². The number of hydrogen-bond donors (Lipinski definition) is 2. The fourth-order valence-corrected chi connectivity index (χ4v) is 7.79. The van der Waals surface area contributed by atoms with Crippen LogP contribution in [0.1, 0.15) is 46.4 Å². The fraction of sp³-hybridized carbons (Fsp3) is 0.459. The van der Waals surface area contributed by atoms with Gasteiger partial charge in [0, 0.05) is 17.4 Å². The van der Waals surface area contributed by atoms with E-state index in [1.807, 2.05) is 81.0 Å². The maximum Gasteiger partial charge on any atom is 0.338 e. The first kappa shape index (κ1) is 37.3. The van der Waals surface area contributed by atoms with E-state index in [-0.39, 0.29) is 47.5 Å². The molecule has 0 radical (unpaired) electrons. The topological polar surface area (TPSA) is 130 Å². The summed E-state index contributed by atoms with van der Waals surface area (Å²) in [6, 6.07) is 27.5. The Kier molecular flexibility index (Phi) is 13.6. The number of hydrogen-bond acceptors (Lipinski definition) is 12. The van der Waals surface area contributed by atoms with E-state index in [1.165, 1.54) is 11.8 Å². The molecule has 6 rings (SSSR count). The molecule has 3 fully saturated rings. The van der Waals surface area contributed by atoms with E-state index >= 15 is 0 Å². The average molecular weight is 713 g/mol. The maximum absolute atomic E-state index is 12.7. The number of thioether (sulfide) groups is 2. The highest BCUT2D eigenvalue weighted by atomic mass is 32.2. The molecule has 0 aromatic heterocycles. The Morgan fingerprint density at radius 2 is 1.22 bits per heavy atom. The van der Waals surface area contributed by atoms with Gasteiger partial charge < -0.3 is 38.6 Å². The van der Waals surface area contributed by atoms with E-state index in [1.54, 1.807) is 48.2 Å². The predicted molar refractivity (Wildman–Crippen MR) is 187 cm³/mol. The molecule has 11 atom stereocenters. The Bertz CT molecular complexity index is 1450. The maximum atomic E-state index is 12.7. The molecule has 3 aliphatic rings. The molecule has 0 aliphatic carbocycles. The second-order valence-corrected chi connectivity index (χ2v) is 14.0. The number of rotatable bonds is 8. The van der Waals surface area contributed by atoms with Crippen molar-refractivity contribution in [1.29, 1.82) is 0 Å². The molecule has 3 saturated heterocycles. The van der Waals surface area contributed by atoms with Crippen LogP contribution in [0.3, 0.4) is 0 Å². The highest BCUT2D eigenvalue weighted by Gasteiger charge is 2.50. The summed E-state index contributed by atoms with van der Waals surface area (Å²) in [7, 11) is 0. The highest BCUT2D eigenvalue weighted by molar-refractivity contribution is 7.99. The van der Waals surface area contributed by atoms with Gasteiger partial charge >= 0.3 is 11.9 Å². The standard InChI is InChI=1S/C22H24O5S.C15H20O5S/c1-14-18(26-20(23)15-9-5-3-6-10-15)19-17(25-22(14)28-2)13-24-21(27-19)16-11-7-4-8-12-16;1-9-13(12(17)11(8-16)19-15(9)21-2)20-14(18)10-6-4-3-5-7-10/h3-12,14,17-19,21-22H,13H2,1-2H3;3-7,9,11-13,15-17H,8H2,1-2H3/t14?,17?,18-,19-,21?,22+;9?,11?,12-,13-,15+/m11/s1. The summed E-state index contributed by atoms with van der Waals surface area (Å²) >= 11 is 3.07. The number of carbonyl (C=O) groups excluding carboxylic acids is 2. The van der Waals surface area contributed by atoms with Crippen molar-refractivity contribution >= 4 is 35.5 Å². The van der Waals surface area contributed by atoms with Gasteiger partial charge in [0.05, 0.1) is 24.3 Å². The van der Waals surface area contributed by atoms with Crippen molar-refractivity contribution < 1.29 is 48.2 Å². The molecule has 264 valence electrons. The van der Waals surface area contributed by atoms with E-state index in [9.17, 15) is 19.8 Å². The quantitative estimate of drug-likeness (QED) is 0.293. The molecule has 12 heteroatoms. The molecule has 3 aromatic carbocycles. The fourth-order valence-electron chi connectivity index (χ4n) is 6.12. The van der Waals surface area contributed by atoms with Gasteiger partial charge in [0.25, 0.3) is 0 Å². The Balaban J connectivity index is 0.000000200. The van der Waals surface area contributed by atoms with Gasteiger partial charge in [0.1, 0.15) is 47.5 Å². The second-order valence-electron chi connectivity index (χ2n) is 12.1. The summed E-state index contributed by atoms with van der Waals surface area (Å²) in [5.74, 6) is -1.02. The van der Waals surface area contributed by atoms with Gasteiger partial charge in [-0.05, 0) is 36.8 Å². The van der Waals surface area contributed by atoms with Crippen LogP contribution in [0, 0.1) is 11.8 Å². The van der Waals surface area contributed by atoms with Gasteiger partial charge in [0.15, 0.2) is 6.29 Å². The van der Waals surface area contributed by atoms with Gasteiger partial charge in [0.2, 0.25) is 0 Å². The number of aliphatic hydroxyl groups is 2. The lowest BCUT2D eigenvalue weighted by Crippen LogP contribution is -2.59. The first-order valence-electron chi connectivity index (χ1n) is 16.2. The first-order chi connectivity index (χ1) is 23.7. The molecule has 0 saturated carbocycles. The third-order valence-corrected chi connectivity index (χ3v) is 10.8. The third-order valence-electron chi connectivity index (χ3n) is 8.83. The number of aliphatic hydroxyl groups excluding tert-OH is 2. The normalized spacial score (nSPS) is 32.5. The minimum absolute atomic E-state index is 0.0153. The zero-order valence-corrected chi connectivity index (χ0v) is 29.5. The summed E-state index contributed by atoms with van der Waals surface area (Å²) < 4.78 is 35.4. The van der Waals surface area contributed by atoms with Crippen molar-refractivity contribution in [3.8, 4) is 0 Å². The smallest absolute Gasteiger partial charge is 0.338 e. The lowest BCUT2D eigenvalue weighted by molar-refractivity contribution is -0.310. The number of esters is 2. The van der Waals surface area contributed by atoms with Crippen LogP contribution in [0.5, 0.6) is 0 Å². The van der Waals surface area contributed by atoms with Crippen LogP contribution in [0.15, 0.2) is 91.0 Å². The van der Waals surface area contributed by atoms with Crippen LogP contribution in [-0.4, -0.2) is 95.4 Å². The summed E-state index contributed by atoms with van der Waals surface area (Å²) in [4.78, 5) is 24.9. The SMILES string of the molecule is CS[C@@H]1OC(CO)[C@@H](O)[C@H](OC(=O)c2ccccc2)C1C.CS[C@@H]1OC2COC(c3ccccc3)O[C@H]2[C@H](OC(=O)c2ccccc2)C1C. The first-order valence-corrected chi connectivity index (χ1v) is 18.8. The second kappa shape index (κ2) is 17.8. The van der Waals surface area contributed by atoms with E-state index in [0.29, 0.717) is 17.7 Å². The van der Waals surface area contributed by atoms with Gasteiger partial charge in [-0.15, -0.1) is 23.5 Å². The number of carbonyl (C=O) groups is 2.